The van der Waals surface area contributed by atoms with E-state index in [-0.39, 0.29) is 23.3 Å². The van der Waals surface area contributed by atoms with Crippen LogP contribution >= 0.6 is 0 Å². The lowest BCUT2D eigenvalue weighted by Crippen LogP contribution is -2.29. The lowest BCUT2D eigenvalue weighted by atomic mass is 9.67. The Kier molecular flexibility index (Phi) is 12.0. The lowest BCUT2D eigenvalue weighted by molar-refractivity contribution is 0.624. The van der Waals surface area contributed by atoms with Crippen LogP contribution in [0.1, 0.15) is 55.6 Å². The Labute approximate surface area is 489 Å². The van der Waals surface area contributed by atoms with Gasteiger partial charge in [-0.25, -0.2) is 17.6 Å². The summed E-state index contributed by atoms with van der Waals surface area (Å²) in [5.41, 5.74) is 17.7. The molecule has 0 bridgehead atoms. The van der Waals surface area contributed by atoms with E-state index in [0.29, 0.717) is 33.9 Å². The fraction of sp³-hybridized carbons (Fsp3) is 0.0256. The van der Waals surface area contributed by atoms with Gasteiger partial charge in [0.1, 0.15) is 23.3 Å². The molecule has 12 aromatic carbocycles. The second kappa shape index (κ2) is 20.0. The van der Waals surface area contributed by atoms with Crippen molar-refractivity contribution in [1.82, 2.24) is 0 Å². The van der Waals surface area contributed by atoms with Crippen molar-refractivity contribution in [3.05, 3.63) is 359 Å². The van der Waals surface area contributed by atoms with E-state index in [4.69, 9.17) is 4.42 Å². The first-order chi connectivity index (χ1) is 41.7. The van der Waals surface area contributed by atoms with E-state index in [1.54, 1.807) is 24.3 Å². The van der Waals surface area contributed by atoms with Crippen LogP contribution < -0.4 is 9.80 Å². The van der Waals surface area contributed by atoms with E-state index in [1.807, 2.05) is 84.9 Å². The molecule has 13 aromatic rings. The summed E-state index contributed by atoms with van der Waals surface area (Å²) in [6.07, 6.45) is 3.65. The Bertz CT molecular complexity index is 4480. The zero-order valence-electron chi connectivity index (χ0n) is 45.8. The zero-order valence-corrected chi connectivity index (χ0v) is 45.8. The van der Waals surface area contributed by atoms with Crippen LogP contribution in [0.4, 0.5) is 51.7 Å². The number of benzene rings is 12. The molecule has 3 nitrogen and oxygen atoms in total. The van der Waals surface area contributed by atoms with Gasteiger partial charge in [-0.2, -0.15) is 0 Å². The Hall–Kier alpha value is -10.8. The summed E-state index contributed by atoms with van der Waals surface area (Å²) in [5.74, 6) is -1.43. The van der Waals surface area contributed by atoms with E-state index >= 15 is 17.6 Å². The van der Waals surface area contributed by atoms with Gasteiger partial charge in [-0.05, 0) is 187 Å². The predicted octanol–water partition coefficient (Wildman–Crippen LogP) is 21.1. The third-order valence-electron chi connectivity index (χ3n) is 17.4. The molecular formula is C78H50F4N2O. The average molecular weight is 1110 g/mol. The van der Waals surface area contributed by atoms with Crippen LogP contribution in [0.2, 0.25) is 0 Å². The summed E-state index contributed by atoms with van der Waals surface area (Å²) in [5, 5.41) is 1.67. The maximum atomic E-state index is 15.1. The minimum Gasteiger partial charge on any atom is -0.452 e. The summed E-state index contributed by atoms with van der Waals surface area (Å²) >= 11 is 0. The Morgan fingerprint density at radius 2 is 0.624 bits per heavy atom. The van der Waals surface area contributed by atoms with Crippen molar-refractivity contribution >= 4 is 68.2 Å². The van der Waals surface area contributed by atoms with Crippen LogP contribution in [0, 0.1) is 23.3 Å². The molecule has 7 heteroatoms. The van der Waals surface area contributed by atoms with Crippen LogP contribution in [0.15, 0.2) is 284 Å². The molecule has 0 spiro atoms. The smallest absolute Gasteiger partial charge is 0.159 e. The highest BCUT2D eigenvalue weighted by Gasteiger charge is 2.48. The largest absolute Gasteiger partial charge is 0.452 e. The van der Waals surface area contributed by atoms with Gasteiger partial charge in [0.05, 0.1) is 22.2 Å². The zero-order chi connectivity index (χ0) is 57.6. The highest BCUT2D eigenvalue weighted by molar-refractivity contribution is 6.14. The lowest BCUT2D eigenvalue weighted by Gasteiger charge is -2.35. The molecule has 0 amide bonds. The third-order valence-corrected chi connectivity index (χ3v) is 17.4. The van der Waals surface area contributed by atoms with Gasteiger partial charge in [-0.3, -0.25) is 0 Å². The van der Waals surface area contributed by atoms with Gasteiger partial charge in [0.15, 0.2) is 11.2 Å². The van der Waals surface area contributed by atoms with Gasteiger partial charge in [0.2, 0.25) is 0 Å². The maximum Gasteiger partial charge on any atom is 0.159 e. The Morgan fingerprint density at radius 3 is 0.988 bits per heavy atom. The molecule has 15 rings (SSSR count). The second-order valence-corrected chi connectivity index (χ2v) is 21.8. The van der Waals surface area contributed by atoms with Gasteiger partial charge in [-0.15, -0.1) is 0 Å². The molecule has 2 unspecified atom stereocenters. The number of anilines is 6. The van der Waals surface area contributed by atoms with Crippen molar-refractivity contribution < 1.29 is 22.0 Å². The van der Waals surface area contributed by atoms with Crippen LogP contribution in [0.5, 0.6) is 0 Å². The summed E-state index contributed by atoms with van der Waals surface area (Å²) < 4.78 is 67.7. The van der Waals surface area contributed by atoms with Crippen LogP contribution in [-0.4, -0.2) is 0 Å². The molecular weight excluding hydrogens is 1060 g/mol. The summed E-state index contributed by atoms with van der Waals surface area (Å²) in [4.78, 5) is 4.21. The molecule has 406 valence electrons. The molecule has 2 atom stereocenters. The van der Waals surface area contributed by atoms with E-state index < -0.39 is 10.8 Å². The molecule has 2 aliphatic carbocycles. The van der Waals surface area contributed by atoms with Crippen molar-refractivity contribution in [3.8, 4) is 22.3 Å². The summed E-state index contributed by atoms with van der Waals surface area (Å²) in [6.45, 7) is 8.06. The first-order valence-corrected chi connectivity index (χ1v) is 28.2. The number of furan rings is 1. The number of hydrogen-bond donors (Lipinski definition) is 0. The molecule has 0 N–H and O–H groups in total. The number of halogens is 4. The topological polar surface area (TPSA) is 19.6 Å². The fourth-order valence-corrected chi connectivity index (χ4v) is 13.7. The van der Waals surface area contributed by atoms with Crippen molar-refractivity contribution in [3.63, 3.8) is 0 Å². The molecule has 1 heterocycles. The number of hydrogen-bond acceptors (Lipinski definition) is 3. The molecule has 85 heavy (non-hydrogen) atoms. The standard InChI is InChI=1S/C78H50F4N2O/c1-3-49-19-23-51(24-20-49)77(53-27-31-55(79)32-28-53)69-15-7-5-11-63(69)65-45-43-61(47-71(65)77)83(59-39-35-57(81)36-40-59)73-17-9-13-67-68-14-10-18-74(76(68)85-75(67)73)84(60-41-37-58(82)38-42-60)62-44-46-66-64-12-6-8-16-70(64)78(72(66)48-62,54-29-33-56(80)34-30-54)52-25-21-50(4-2)22-26-52/h3-48H,1-2H2. The van der Waals surface area contributed by atoms with Crippen molar-refractivity contribution in [2.24, 2.45) is 0 Å². The fourth-order valence-electron chi connectivity index (χ4n) is 13.7. The van der Waals surface area contributed by atoms with Crippen LogP contribution in [0.25, 0.3) is 56.3 Å². The van der Waals surface area contributed by atoms with Gasteiger partial charge >= 0.3 is 0 Å². The Balaban J connectivity index is 0.950. The minimum absolute atomic E-state index is 0.334. The highest BCUT2D eigenvalue weighted by Crippen LogP contribution is 2.60. The van der Waals surface area contributed by atoms with Gasteiger partial charge in [-0.1, -0.05) is 183 Å². The van der Waals surface area contributed by atoms with E-state index in [2.05, 4.69) is 144 Å². The van der Waals surface area contributed by atoms with Crippen LogP contribution in [0.3, 0.4) is 0 Å². The number of para-hydroxylation sites is 2. The van der Waals surface area contributed by atoms with Gasteiger partial charge < -0.3 is 14.2 Å². The van der Waals surface area contributed by atoms with Crippen molar-refractivity contribution in [2.45, 2.75) is 10.8 Å². The average Bonchev–Trinajstić information content (AvgIpc) is 1.75. The van der Waals surface area contributed by atoms with Crippen molar-refractivity contribution in [1.29, 1.82) is 0 Å². The second-order valence-electron chi connectivity index (χ2n) is 21.8. The quantitative estimate of drug-likeness (QED) is 0.114. The number of fused-ring (bicyclic) bond motifs is 9. The summed E-state index contributed by atoms with van der Waals surface area (Å²) in [7, 11) is 0. The maximum absolute atomic E-state index is 15.1. The van der Waals surface area contributed by atoms with Gasteiger partial charge in [0, 0.05) is 33.5 Å². The van der Waals surface area contributed by atoms with Crippen molar-refractivity contribution in [2.75, 3.05) is 9.80 Å². The van der Waals surface area contributed by atoms with Gasteiger partial charge in [0.25, 0.3) is 0 Å². The number of rotatable bonds is 12. The normalized spacial score (nSPS) is 15.5. The molecule has 2 aliphatic rings. The molecule has 0 fully saturated rings. The Morgan fingerprint density at radius 1 is 0.306 bits per heavy atom. The monoisotopic (exact) mass is 1110 g/mol. The molecule has 0 radical (unpaired) electrons. The third kappa shape index (κ3) is 7.88. The first-order valence-electron chi connectivity index (χ1n) is 28.2. The summed E-state index contributed by atoms with van der Waals surface area (Å²) in [6, 6.07) is 85.1. The molecule has 0 saturated carbocycles. The van der Waals surface area contributed by atoms with E-state index in [0.717, 1.165) is 100 Å². The molecule has 0 aliphatic heterocycles. The molecule has 0 saturated heterocycles. The minimum atomic E-state index is -0.886. The molecule has 1 aromatic heterocycles. The first kappa shape index (κ1) is 51.1. The van der Waals surface area contributed by atoms with E-state index in [9.17, 15) is 0 Å². The van der Waals surface area contributed by atoms with Crippen LogP contribution in [-0.2, 0) is 10.8 Å². The van der Waals surface area contributed by atoms with E-state index in [1.165, 1.54) is 48.5 Å². The predicted molar refractivity (Wildman–Crippen MR) is 338 cm³/mol. The number of nitrogens with zero attached hydrogens (tertiary/aromatic N) is 2. The highest BCUT2D eigenvalue weighted by atomic mass is 19.1. The SMILES string of the molecule is C=Cc1ccc(C2(c3ccc(F)cc3)c3ccccc3-c3ccc(N(c4ccc(F)cc4)c4cccc5c4oc4c(N(c6ccc(F)cc6)c6ccc7c(c6)C(c6ccc(F)cc6)(c6ccc(C=C)cc6)c6ccccc6-7)cccc45)cc32)cc1.